The first-order chi connectivity index (χ1) is 8.65. The van der Waals surface area contributed by atoms with Crippen LogP contribution in [0.5, 0.6) is 5.75 Å². The summed E-state index contributed by atoms with van der Waals surface area (Å²) in [4.78, 5) is 0. The fourth-order valence-corrected chi connectivity index (χ4v) is 2.07. The van der Waals surface area contributed by atoms with Crippen molar-refractivity contribution in [2.75, 3.05) is 14.2 Å². The number of methoxy groups -OCH3 is 1. The van der Waals surface area contributed by atoms with E-state index in [0.29, 0.717) is 0 Å². The van der Waals surface area contributed by atoms with Gasteiger partial charge < -0.3 is 10.1 Å². The van der Waals surface area contributed by atoms with Crippen LogP contribution in [0.1, 0.15) is 11.3 Å². The molecule has 1 heterocycles. The molecule has 0 fully saturated rings. The summed E-state index contributed by atoms with van der Waals surface area (Å²) in [5.41, 5.74) is 4.39. The summed E-state index contributed by atoms with van der Waals surface area (Å²) < 4.78 is 7.32. The van der Waals surface area contributed by atoms with E-state index in [-0.39, 0.29) is 0 Å². The standard InChI is InChI=1S/C14H19N3O/c1-10-5-6-14(18-4)12(7-10)13-8-11(9-15-2)16-17(13)3/h5-8,15H,9H2,1-4H3. The maximum absolute atomic E-state index is 5.42. The maximum atomic E-state index is 5.42. The molecule has 1 aromatic heterocycles. The van der Waals surface area contributed by atoms with Gasteiger partial charge in [-0.2, -0.15) is 5.10 Å². The molecule has 0 aliphatic heterocycles. The van der Waals surface area contributed by atoms with E-state index in [4.69, 9.17) is 4.74 Å². The van der Waals surface area contributed by atoms with E-state index < -0.39 is 0 Å². The molecule has 0 amide bonds. The molecule has 0 aliphatic carbocycles. The summed E-state index contributed by atoms with van der Waals surface area (Å²) in [6, 6.07) is 8.26. The minimum Gasteiger partial charge on any atom is -0.496 e. The van der Waals surface area contributed by atoms with Crippen LogP contribution in [0.25, 0.3) is 11.3 Å². The Labute approximate surface area is 108 Å². The first-order valence-corrected chi connectivity index (χ1v) is 5.98. The molecule has 0 saturated carbocycles. The molecule has 2 aromatic rings. The average molecular weight is 245 g/mol. The molecule has 0 aliphatic rings. The molecule has 2 rings (SSSR count). The molecule has 0 saturated heterocycles. The predicted molar refractivity (Wildman–Crippen MR) is 72.7 cm³/mol. The summed E-state index contributed by atoms with van der Waals surface area (Å²) >= 11 is 0. The second kappa shape index (κ2) is 5.23. The zero-order valence-corrected chi connectivity index (χ0v) is 11.3. The highest BCUT2D eigenvalue weighted by molar-refractivity contribution is 5.68. The van der Waals surface area contributed by atoms with Gasteiger partial charge in [0.15, 0.2) is 0 Å². The number of hydrogen-bond acceptors (Lipinski definition) is 3. The van der Waals surface area contributed by atoms with Crippen LogP contribution >= 0.6 is 0 Å². The Morgan fingerprint density at radius 2 is 2.11 bits per heavy atom. The normalized spacial score (nSPS) is 10.7. The van der Waals surface area contributed by atoms with Gasteiger partial charge in [0, 0.05) is 19.2 Å². The number of rotatable bonds is 4. The van der Waals surface area contributed by atoms with Gasteiger partial charge in [-0.15, -0.1) is 0 Å². The average Bonchev–Trinajstić information content (AvgIpc) is 2.70. The number of ether oxygens (including phenoxy) is 1. The van der Waals surface area contributed by atoms with Gasteiger partial charge in [0.05, 0.1) is 18.5 Å². The van der Waals surface area contributed by atoms with Gasteiger partial charge >= 0.3 is 0 Å². The number of nitrogens with zero attached hydrogens (tertiary/aromatic N) is 2. The Morgan fingerprint density at radius 3 is 2.78 bits per heavy atom. The summed E-state index contributed by atoms with van der Waals surface area (Å²) in [6.45, 7) is 2.84. The first-order valence-electron chi connectivity index (χ1n) is 5.98. The van der Waals surface area contributed by atoms with Crippen LogP contribution in [0.15, 0.2) is 24.3 Å². The van der Waals surface area contributed by atoms with Crippen molar-refractivity contribution in [3.63, 3.8) is 0 Å². The van der Waals surface area contributed by atoms with Gasteiger partial charge in [0.1, 0.15) is 5.75 Å². The van der Waals surface area contributed by atoms with Crippen LogP contribution in [0.3, 0.4) is 0 Å². The molecule has 0 atom stereocenters. The van der Waals surface area contributed by atoms with Gasteiger partial charge in [0.25, 0.3) is 0 Å². The summed E-state index contributed by atoms with van der Waals surface area (Å²) in [5, 5.41) is 7.59. The maximum Gasteiger partial charge on any atom is 0.128 e. The molecule has 0 bridgehead atoms. The van der Waals surface area contributed by atoms with E-state index in [2.05, 4.69) is 29.5 Å². The lowest BCUT2D eigenvalue weighted by molar-refractivity contribution is 0.416. The third-order valence-corrected chi connectivity index (χ3v) is 2.92. The van der Waals surface area contributed by atoms with Gasteiger partial charge in [-0.05, 0) is 32.2 Å². The third-order valence-electron chi connectivity index (χ3n) is 2.92. The van der Waals surface area contributed by atoms with Crippen molar-refractivity contribution in [1.82, 2.24) is 15.1 Å². The lowest BCUT2D eigenvalue weighted by Gasteiger charge is -2.09. The molecule has 4 heteroatoms. The largest absolute Gasteiger partial charge is 0.496 e. The van der Waals surface area contributed by atoms with Crippen molar-refractivity contribution >= 4 is 0 Å². The molecule has 0 spiro atoms. The van der Waals surface area contributed by atoms with Crippen LogP contribution in [-0.2, 0) is 13.6 Å². The molecule has 96 valence electrons. The fourth-order valence-electron chi connectivity index (χ4n) is 2.07. The minimum absolute atomic E-state index is 0.766. The van der Waals surface area contributed by atoms with Crippen LogP contribution in [0.4, 0.5) is 0 Å². The summed E-state index contributed by atoms with van der Waals surface area (Å²) in [7, 11) is 5.57. The fraction of sp³-hybridized carbons (Fsp3) is 0.357. The molecule has 4 nitrogen and oxygen atoms in total. The van der Waals surface area contributed by atoms with E-state index in [1.54, 1.807) is 7.11 Å². The molecule has 1 aromatic carbocycles. The quantitative estimate of drug-likeness (QED) is 0.896. The topological polar surface area (TPSA) is 39.1 Å². The highest BCUT2D eigenvalue weighted by atomic mass is 16.5. The monoisotopic (exact) mass is 245 g/mol. The zero-order chi connectivity index (χ0) is 13.1. The van der Waals surface area contributed by atoms with E-state index in [0.717, 1.165) is 29.2 Å². The van der Waals surface area contributed by atoms with Crippen LogP contribution in [0.2, 0.25) is 0 Å². The van der Waals surface area contributed by atoms with Crippen molar-refractivity contribution < 1.29 is 4.74 Å². The number of aromatic nitrogens is 2. The summed E-state index contributed by atoms with van der Waals surface area (Å²) in [5.74, 6) is 0.875. The molecule has 0 unspecified atom stereocenters. The van der Waals surface area contributed by atoms with Crippen LogP contribution < -0.4 is 10.1 Å². The molecular weight excluding hydrogens is 226 g/mol. The Hall–Kier alpha value is -1.81. The van der Waals surface area contributed by atoms with Gasteiger partial charge in [-0.25, -0.2) is 0 Å². The smallest absolute Gasteiger partial charge is 0.128 e. The van der Waals surface area contributed by atoms with Gasteiger partial charge in [-0.1, -0.05) is 11.6 Å². The predicted octanol–water partition coefficient (Wildman–Crippen LogP) is 2.12. The Balaban J connectivity index is 2.50. The number of nitrogens with one attached hydrogen (secondary N) is 1. The number of hydrogen-bond donors (Lipinski definition) is 1. The zero-order valence-electron chi connectivity index (χ0n) is 11.3. The van der Waals surface area contributed by atoms with E-state index in [1.165, 1.54) is 5.56 Å². The second-order valence-corrected chi connectivity index (χ2v) is 4.38. The Bertz CT molecular complexity index is 546. The minimum atomic E-state index is 0.766. The highest BCUT2D eigenvalue weighted by Gasteiger charge is 2.12. The van der Waals surface area contributed by atoms with E-state index in [9.17, 15) is 0 Å². The van der Waals surface area contributed by atoms with Crippen molar-refractivity contribution in [2.45, 2.75) is 13.5 Å². The Morgan fingerprint density at radius 1 is 1.33 bits per heavy atom. The van der Waals surface area contributed by atoms with Crippen LogP contribution in [0, 0.1) is 6.92 Å². The highest BCUT2D eigenvalue weighted by Crippen LogP contribution is 2.30. The lowest BCUT2D eigenvalue weighted by atomic mass is 10.1. The van der Waals surface area contributed by atoms with E-state index in [1.807, 2.05) is 30.9 Å². The van der Waals surface area contributed by atoms with Gasteiger partial charge in [0.2, 0.25) is 0 Å². The molecule has 1 N–H and O–H groups in total. The number of benzene rings is 1. The van der Waals surface area contributed by atoms with Crippen molar-refractivity contribution in [3.8, 4) is 17.0 Å². The van der Waals surface area contributed by atoms with Crippen molar-refractivity contribution in [3.05, 3.63) is 35.5 Å². The van der Waals surface area contributed by atoms with Crippen molar-refractivity contribution in [1.29, 1.82) is 0 Å². The summed E-state index contributed by atoms with van der Waals surface area (Å²) in [6.07, 6.45) is 0. The SMILES string of the molecule is CNCc1cc(-c2cc(C)ccc2OC)n(C)n1. The molecule has 0 radical (unpaired) electrons. The Kier molecular flexibility index (Phi) is 3.67. The van der Waals surface area contributed by atoms with E-state index >= 15 is 0 Å². The number of aryl methyl sites for hydroxylation is 2. The van der Waals surface area contributed by atoms with Crippen LogP contribution in [-0.4, -0.2) is 23.9 Å². The lowest BCUT2D eigenvalue weighted by Crippen LogP contribution is -2.05. The van der Waals surface area contributed by atoms with Gasteiger partial charge in [-0.3, -0.25) is 4.68 Å². The molecule has 18 heavy (non-hydrogen) atoms. The third kappa shape index (κ3) is 2.38. The first kappa shape index (κ1) is 12.6. The second-order valence-electron chi connectivity index (χ2n) is 4.38. The molecular formula is C14H19N3O. The van der Waals surface area contributed by atoms with Crippen molar-refractivity contribution in [2.24, 2.45) is 7.05 Å².